The monoisotopic (exact) mass is 339 g/mol. The van der Waals surface area contributed by atoms with E-state index >= 15 is 0 Å². The summed E-state index contributed by atoms with van der Waals surface area (Å²) >= 11 is 5.14. The average Bonchev–Trinajstić information content (AvgIpc) is 3.09. The zero-order valence-corrected chi connectivity index (χ0v) is 12.7. The van der Waals surface area contributed by atoms with Crippen LogP contribution in [0.25, 0.3) is 0 Å². The lowest BCUT2D eigenvalue weighted by molar-refractivity contribution is 0.342. The van der Waals surface area contributed by atoms with Crippen LogP contribution < -0.4 is 5.32 Å². The maximum Gasteiger partial charge on any atom is 0.243 e. The van der Waals surface area contributed by atoms with Crippen molar-refractivity contribution in [1.82, 2.24) is 15.5 Å². The summed E-state index contributed by atoms with van der Waals surface area (Å²) in [6.07, 6.45) is 2.26. The molecule has 1 aromatic heterocycles. The molecule has 1 fully saturated rings. The van der Waals surface area contributed by atoms with Crippen molar-refractivity contribution in [2.75, 3.05) is 6.54 Å². The molecule has 1 aliphatic rings. The molecular formula is C13H14BrN3OS. The molecule has 2 heterocycles. The van der Waals surface area contributed by atoms with Crippen LogP contribution in [0.2, 0.25) is 0 Å². The molecule has 0 saturated carbocycles. The summed E-state index contributed by atoms with van der Waals surface area (Å²) in [5, 5.41) is 7.40. The Morgan fingerprint density at radius 3 is 2.95 bits per heavy atom. The quantitative estimate of drug-likeness (QED) is 0.863. The first-order valence-electron chi connectivity index (χ1n) is 6.25. The Bertz CT molecular complexity index is 537. The van der Waals surface area contributed by atoms with Crippen LogP contribution in [-0.2, 0) is 5.75 Å². The molecule has 1 aromatic carbocycles. The number of thioether (sulfide) groups is 1. The van der Waals surface area contributed by atoms with Gasteiger partial charge in [0.05, 0.1) is 11.8 Å². The van der Waals surface area contributed by atoms with Gasteiger partial charge in [-0.05, 0) is 43.7 Å². The number of benzene rings is 1. The van der Waals surface area contributed by atoms with Crippen LogP contribution in [-0.4, -0.2) is 16.7 Å². The largest absolute Gasteiger partial charge is 0.338 e. The third kappa shape index (κ3) is 3.38. The molecule has 0 unspecified atom stereocenters. The lowest BCUT2D eigenvalue weighted by Gasteiger charge is -2.01. The highest BCUT2D eigenvalue weighted by atomic mass is 79.9. The van der Waals surface area contributed by atoms with Gasteiger partial charge in [0.1, 0.15) is 0 Å². The molecule has 19 heavy (non-hydrogen) atoms. The fraction of sp³-hybridized carbons (Fsp3) is 0.385. The Morgan fingerprint density at radius 1 is 1.37 bits per heavy atom. The van der Waals surface area contributed by atoms with Crippen molar-refractivity contribution in [3.8, 4) is 0 Å². The SMILES string of the molecule is Brc1ccc(SCc2noc([C@H]3CCCN3)n2)cc1. The van der Waals surface area contributed by atoms with Gasteiger partial charge in [-0.1, -0.05) is 21.1 Å². The number of rotatable bonds is 4. The predicted octanol–water partition coefficient (Wildman–Crippen LogP) is 3.55. The predicted molar refractivity (Wildman–Crippen MR) is 78.0 cm³/mol. The first-order chi connectivity index (χ1) is 9.31. The lowest BCUT2D eigenvalue weighted by atomic mass is 10.2. The molecule has 6 heteroatoms. The van der Waals surface area contributed by atoms with E-state index < -0.39 is 0 Å². The van der Waals surface area contributed by atoms with E-state index in [0.717, 1.165) is 34.9 Å². The van der Waals surface area contributed by atoms with Crippen molar-refractivity contribution < 1.29 is 4.52 Å². The molecule has 1 aliphatic heterocycles. The number of hydrogen-bond acceptors (Lipinski definition) is 5. The van der Waals surface area contributed by atoms with Crippen molar-refractivity contribution in [2.24, 2.45) is 0 Å². The maximum atomic E-state index is 5.31. The van der Waals surface area contributed by atoms with E-state index in [1.807, 2.05) is 12.1 Å². The molecule has 4 nitrogen and oxygen atoms in total. The van der Waals surface area contributed by atoms with E-state index in [9.17, 15) is 0 Å². The van der Waals surface area contributed by atoms with Crippen molar-refractivity contribution in [3.05, 3.63) is 40.5 Å². The van der Waals surface area contributed by atoms with E-state index in [2.05, 4.69) is 43.5 Å². The Hall–Kier alpha value is -0.850. The lowest BCUT2D eigenvalue weighted by Crippen LogP contribution is -2.13. The van der Waals surface area contributed by atoms with Gasteiger partial charge in [-0.25, -0.2) is 0 Å². The van der Waals surface area contributed by atoms with Crippen LogP contribution in [0.1, 0.15) is 30.6 Å². The van der Waals surface area contributed by atoms with Crippen LogP contribution in [0.5, 0.6) is 0 Å². The minimum absolute atomic E-state index is 0.249. The molecule has 0 radical (unpaired) electrons. The summed E-state index contributed by atoms with van der Waals surface area (Å²) in [5.74, 6) is 2.22. The zero-order chi connectivity index (χ0) is 13.1. The highest BCUT2D eigenvalue weighted by Crippen LogP contribution is 2.25. The van der Waals surface area contributed by atoms with Crippen molar-refractivity contribution in [1.29, 1.82) is 0 Å². The third-order valence-electron chi connectivity index (χ3n) is 3.02. The first kappa shape index (κ1) is 13.1. The highest BCUT2D eigenvalue weighted by molar-refractivity contribution is 9.10. The van der Waals surface area contributed by atoms with Gasteiger partial charge in [-0.3, -0.25) is 0 Å². The molecule has 1 atom stereocenters. The number of aromatic nitrogens is 2. The number of hydrogen-bond donors (Lipinski definition) is 1. The molecular weight excluding hydrogens is 326 g/mol. The summed E-state index contributed by atoms with van der Waals surface area (Å²) in [4.78, 5) is 5.66. The zero-order valence-electron chi connectivity index (χ0n) is 10.3. The molecule has 2 aromatic rings. The van der Waals surface area contributed by atoms with Crippen LogP contribution in [0.4, 0.5) is 0 Å². The molecule has 3 rings (SSSR count). The molecule has 1 saturated heterocycles. The minimum atomic E-state index is 0.249. The number of nitrogens with one attached hydrogen (secondary N) is 1. The van der Waals surface area contributed by atoms with Gasteiger partial charge in [0.25, 0.3) is 0 Å². The summed E-state index contributed by atoms with van der Waals surface area (Å²) in [6, 6.07) is 8.47. The van der Waals surface area contributed by atoms with Gasteiger partial charge in [0.2, 0.25) is 5.89 Å². The smallest absolute Gasteiger partial charge is 0.243 e. The second-order valence-electron chi connectivity index (χ2n) is 4.44. The van der Waals surface area contributed by atoms with Gasteiger partial charge < -0.3 is 9.84 Å². The van der Waals surface area contributed by atoms with Crippen LogP contribution >= 0.6 is 27.7 Å². The topological polar surface area (TPSA) is 51.0 Å². The normalized spacial score (nSPS) is 18.9. The van der Waals surface area contributed by atoms with Crippen molar-refractivity contribution in [2.45, 2.75) is 29.5 Å². The number of nitrogens with zero attached hydrogens (tertiary/aromatic N) is 2. The third-order valence-corrected chi connectivity index (χ3v) is 4.56. The van der Waals surface area contributed by atoms with Gasteiger partial charge in [-0.15, -0.1) is 11.8 Å². The second kappa shape index (κ2) is 6.07. The van der Waals surface area contributed by atoms with Crippen molar-refractivity contribution in [3.63, 3.8) is 0 Å². The van der Waals surface area contributed by atoms with Gasteiger partial charge in [0, 0.05) is 9.37 Å². The summed E-state index contributed by atoms with van der Waals surface area (Å²) in [7, 11) is 0. The standard InChI is InChI=1S/C13H14BrN3OS/c14-9-3-5-10(6-4-9)19-8-12-16-13(18-17-12)11-2-1-7-15-11/h3-6,11,15H,1-2,7-8H2/t11-/m1/s1. The van der Waals surface area contributed by atoms with Crippen LogP contribution in [0, 0.1) is 0 Å². The fourth-order valence-corrected chi connectivity index (χ4v) is 3.05. The molecule has 0 amide bonds. The Kier molecular flexibility index (Phi) is 4.20. The van der Waals surface area contributed by atoms with E-state index in [-0.39, 0.29) is 6.04 Å². The number of halogens is 1. The Labute approximate surface area is 124 Å². The van der Waals surface area contributed by atoms with Crippen molar-refractivity contribution >= 4 is 27.7 Å². The average molecular weight is 340 g/mol. The Balaban J connectivity index is 1.59. The summed E-state index contributed by atoms with van der Waals surface area (Å²) < 4.78 is 6.40. The minimum Gasteiger partial charge on any atom is -0.338 e. The second-order valence-corrected chi connectivity index (χ2v) is 6.40. The highest BCUT2D eigenvalue weighted by Gasteiger charge is 2.22. The van der Waals surface area contributed by atoms with E-state index in [4.69, 9.17) is 4.52 Å². The van der Waals surface area contributed by atoms with Crippen LogP contribution in [0.3, 0.4) is 0 Å². The molecule has 0 spiro atoms. The van der Waals surface area contributed by atoms with Gasteiger partial charge in [0.15, 0.2) is 5.82 Å². The first-order valence-corrected chi connectivity index (χ1v) is 8.03. The Morgan fingerprint density at radius 2 is 2.21 bits per heavy atom. The van der Waals surface area contributed by atoms with E-state index in [0.29, 0.717) is 0 Å². The summed E-state index contributed by atoms with van der Waals surface area (Å²) in [6.45, 7) is 1.04. The molecule has 1 N–H and O–H groups in total. The maximum absolute atomic E-state index is 5.31. The fourth-order valence-electron chi connectivity index (χ4n) is 2.04. The van der Waals surface area contributed by atoms with Gasteiger partial charge in [-0.2, -0.15) is 4.98 Å². The van der Waals surface area contributed by atoms with Gasteiger partial charge >= 0.3 is 0 Å². The van der Waals surface area contributed by atoms with E-state index in [1.54, 1.807) is 11.8 Å². The molecule has 100 valence electrons. The van der Waals surface area contributed by atoms with E-state index in [1.165, 1.54) is 11.3 Å². The summed E-state index contributed by atoms with van der Waals surface area (Å²) in [5.41, 5.74) is 0. The molecule has 0 bridgehead atoms. The van der Waals surface area contributed by atoms with Crippen LogP contribution in [0.15, 0.2) is 38.2 Å². The molecule has 0 aliphatic carbocycles.